The Morgan fingerprint density at radius 1 is 0.373 bits per heavy atom. The summed E-state index contributed by atoms with van der Waals surface area (Å²) in [5.41, 5.74) is 10.1. The summed E-state index contributed by atoms with van der Waals surface area (Å²) in [6.07, 6.45) is 0. The minimum atomic E-state index is 0.485. The Morgan fingerprint density at radius 3 is 1.55 bits per heavy atom. The van der Waals surface area contributed by atoms with Crippen LogP contribution in [0.5, 0.6) is 0 Å². The Morgan fingerprint density at radius 2 is 0.922 bits per heavy atom. The molecule has 4 nitrogen and oxygen atoms in total. The van der Waals surface area contributed by atoms with Gasteiger partial charge in [0.05, 0.1) is 39.9 Å². The van der Waals surface area contributed by atoms with E-state index >= 15 is 0 Å². The number of benzene rings is 8. The van der Waals surface area contributed by atoms with Crippen LogP contribution >= 0.6 is 0 Å². The van der Waals surface area contributed by atoms with Gasteiger partial charge in [0, 0.05) is 27.6 Å². The van der Waals surface area contributed by atoms with Crippen LogP contribution in [0.1, 0.15) is 16.7 Å². The molecule has 0 atom stereocenters. The number of rotatable bonds is 4. The summed E-state index contributed by atoms with van der Waals surface area (Å²) < 4.78 is 2.20. The van der Waals surface area contributed by atoms with E-state index in [0.29, 0.717) is 22.3 Å². The second kappa shape index (κ2) is 11.9. The van der Waals surface area contributed by atoms with E-state index in [2.05, 4.69) is 108 Å². The zero-order valence-electron chi connectivity index (χ0n) is 27.3. The Balaban J connectivity index is 1.27. The third-order valence-corrected chi connectivity index (χ3v) is 9.88. The standard InChI is InChI=1S/C47H26N4/c48-27-30-18-23-45-41(24-30)35-12-8-9-17-44(35)51(45)34-21-19-32(20-22-34)40-25-31(28-49)26-42(43(40)29-50)47-38-15-6-4-13-36(38)46(33-10-2-1-3-11-33)37-14-5-7-16-39(37)47/h1-26H. The number of hydrogen-bond acceptors (Lipinski definition) is 3. The van der Waals surface area contributed by atoms with Crippen LogP contribution in [0.4, 0.5) is 0 Å². The van der Waals surface area contributed by atoms with Crippen molar-refractivity contribution in [2.45, 2.75) is 0 Å². The van der Waals surface area contributed by atoms with Gasteiger partial charge in [-0.15, -0.1) is 0 Å². The first-order chi connectivity index (χ1) is 25.2. The summed E-state index contributed by atoms with van der Waals surface area (Å²) in [4.78, 5) is 0. The normalized spacial score (nSPS) is 11.1. The Labute approximate surface area is 294 Å². The van der Waals surface area contributed by atoms with E-state index in [1.54, 1.807) is 0 Å². The topological polar surface area (TPSA) is 76.3 Å². The lowest BCUT2D eigenvalue weighted by molar-refractivity contribution is 1.18. The molecule has 4 heteroatoms. The predicted octanol–water partition coefficient (Wildman–Crippen LogP) is 11.7. The first kappa shape index (κ1) is 29.7. The van der Waals surface area contributed by atoms with Crippen LogP contribution in [0.2, 0.25) is 0 Å². The molecule has 0 saturated carbocycles. The average molecular weight is 647 g/mol. The molecule has 0 N–H and O–H groups in total. The van der Waals surface area contributed by atoms with Crippen LogP contribution in [0.3, 0.4) is 0 Å². The highest BCUT2D eigenvalue weighted by Gasteiger charge is 2.22. The molecule has 1 aromatic heterocycles. The van der Waals surface area contributed by atoms with Crippen molar-refractivity contribution in [3.8, 4) is 57.3 Å². The van der Waals surface area contributed by atoms with Gasteiger partial charge in [-0.2, -0.15) is 15.8 Å². The molecule has 0 aliphatic carbocycles. The van der Waals surface area contributed by atoms with E-state index in [-0.39, 0.29) is 0 Å². The third kappa shape index (κ3) is 4.66. The zero-order chi connectivity index (χ0) is 34.5. The van der Waals surface area contributed by atoms with Crippen molar-refractivity contribution in [3.63, 3.8) is 0 Å². The molecule has 1 heterocycles. The number of aromatic nitrogens is 1. The fraction of sp³-hybridized carbons (Fsp3) is 0. The highest BCUT2D eigenvalue weighted by Crippen LogP contribution is 2.46. The molecule has 0 spiro atoms. The van der Waals surface area contributed by atoms with Gasteiger partial charge < -0.3 is 4.57 Å². The maximum Gasteiger partial charge on any atom is 0.100 e. The van der Waals surface area contributed by atoms with Crippen LogP contribution in [0, 0.1) is 34.0 Å². The molecule has 0 aliphatic rings. The van der Waals surface area contributed by atoms with Crippen molar-refractivity contribution >= 4 is 43.4 Å². The highest BCUT2D eigenvalue weighted by molar-refractivity contribution is 6.22. The fourth-order valence-electron chi connectivity index (χ4n) is 7.70. The van der Waals surface area contributed by atoms with Crippen molar-refractivity contribution < 1.29 is 0 Å². The maximum atomic E-state index is 10.9. The molecule has 234 valence electrons. The summed E-state index contributed by atoms with van der Waals surface area (Å²) in [5.74, 6) is 0. The summed E-state index contributed by atoms with van der Waals surface area (Å²) in [6.45, 7) is 0. The smallest absolute Gasteiger partial charge is 0.100 e. The number of para-hydroxylation sites is 1. The van der Waals surface area contributed by atoms with Gasteiger partial charge in [0.25, 0.3) is 0 Å². The fourth-order valence-corrected chi connectivity index (χ4v) is 7.70. The molecule has 9 aromatic rings. The molecule has 0 bridgehead atoms. The van der Waals surface area contributed by atoms with Crippen molar-refractivity contribution in [1.29, 1.82) is 15.8 Å². The first-order valence-corrected chi connectivity index (χ1v) is 16.7. The SMILES string of the molecule is N#Cc1cc(-c2ccc(-n3c4ccccc4c4cc(C#N)ccc43)cc2)c(C#N)c(-c2c3ccccc3c(-c3ccccc3)c3ccccc23)c1. The third-order valence-electron chi connectivity index (χ3n) is 9.88. The van der Waals surface area contributed by atoms with E-state index in [0.717, 1.165) is 76.9 Å². The van der Waals surface area contributed by atoms with Crippen molar-refractivity contribution in [1.82, 2.24) is 4.57 Å². The second-order valence-electron chi connectivity index (χ2n) is 12.6. The molecule has 8 aromatic carbocycles. The van der Waals surface area contributed by atoms with Gasteiger partial charge >= 0.3 is 0 Å². The average Bonchev–Trinajstić information content (AvgIpc) is 3.53. The van der Waals surface area contributed by atoms with Gasteiger partial charge in [0.15, 0.2) is 0 Å². The summed E-state index contributed by atoms with van der Waals surface area (Å²) in [7, 11) is 0. The van der Waals surface area contributed by atoms with Gasteiger partial charge in [-0.25, -0.2) is 0 Å². The molecule has 0 amide bonds. The molecule has 0 fully saturated rings. The van der Waals surface area contributed by atoms with Crippen molar-refractivity contribution in [3.05, 3.63) is 174 Å². The van der Waals surface area contributed by atoms with Gasteiger partial charge in [-0.3, -0.25) is 0 Å². The van der Waals surface area contributed by atoms with Crippen molar-refractivity contribution in [2.75, 3.05) is 0 Å². The van der Waals surface area contributed by atoms with Crippen LogP contribution in [0.15, 0.2) is 158 Å². The summed E-state index contributed by atoms with van der Waals surface area (Å²) in [6, 6.07) is 60.1. The maximum absolute atomic E-state index is 10.9. The molecule has 51 heavy (non-hydrogen) atoms. The molecular formula is C47H26N4. The predicted molar refractivity (Wildman–Crippen MR) is 206 cm³/mol. The van der Waals surface area contributed by atoms with Crippen LogP contribution in [0.25, 0.3) is 82.4 Å². The Kier molecular flexibility index (Phi) is 6.93. The minimum Gasteiger partial charge on any atom is -0.309 e. The Hall–Kier alpha value is -7.45. The van der Waals surface area contributed by atoms with Gasteiger partial charge in [-0.1, -0.05) is 109 Å². The lowest BCUT2D eigenvalue weighted by Crippen LogP contribution is -1.97. The van der Waals surface area contributed by atoms with Gasteiger partial charge in [0.1, 0.15) is 6.07 Å². The quantitative estimate of drug-likeness (QED) is 0.179. The molecular weight excluding hydrogens is 621 g/mol. The van der Waals surface area contributed by atoms with E-state index in [4.69, 9.17) is 0 Å². The summed E-state index contributed by atoms with van der Waals surface area (Å²) >= 11 is 0. The van der Waals surface area contributed by atoms with E-state index < -0.39 is 0 Å². The van der Waals surface area contributed by atoms with Crippen LogP contribution < -0.4 is 0 Å². The monoisotopic (exact) mass is 646 g/mol. The molecule has 0 radical (unpaired) electrons. The lowest BCUT2D eigenvalue weighted by Gasteiger charge is -2.19. The van der Waals surface area contributed by atoms with Crippen LogP contribution in [-0.4, -0.2) is 4.57 Å². The zero-order valence-corrected chi connectivity index (χ0v) is 27.3. The van der Waals surface area contributed by atoms with Crippen molar-refractivity contribution in [2.24, 2.45) is 0 Å². The molecule has 9 rings (SSSR count). The molecule has 0 unspecified atom stereocenters. The molecule has 0 saturated heterocycles. The van der Waals surface area contributed by atoms with E-state index in [9.17, 15) is 15.8 Å². The summed E-state index contributed by atoms with van der Waals surface area (Å²) in [5, 5.41) is 37.1. The van der Waals surface area contributed by atoms with E-state index in [1.807, 2.05) is 72.8 Å². The minimum absolute atomic E-state index is 0.485. The highest BCUT2D eigenvalue weighted by atomic mass is 15.0. The van der Waals surface area contributed by atoms with Gasteiger partial charge in [0.2, 0.25) is 0 Å². The largest absolute Gasteiger partial charge is 0.309 e. The lowest BCUT2D eigenvalue weighted by atomic mass is 9.83. The second-order valence-corrected chi connectivity index (χ2v) is 12.6. The number of fused-ring (bicyclic) bond motifs is 5. The van der Waals surface area contributed by atoms with Gasteiger partial charge in [-0.05, 0) is 92.3 Å². The Bertz CT molecular complexity index is 2930. The number of hydrogen-bond donors (Lipinski definition) is 0. The number of nitriles is 3. The van der Waals surface area contributed by atoms with E-state index in [1.165, 1.54) is 0 Å². The molecule has 0 aliphatic heterocycles. The number of nitrogens with zero attached hydrogens (tertiary/aromatic N) is 4. The van der Waals surface area contributed by atoms with Crippen LogP contribution in [-0.2, 0) is 0 Å². The first-order valence-electron chi connectivity index (χ1n) is 16.7.